The quantitative estimate of drug-likeness (QED) is 0.651. The number of amidine groups is 1. The van der Waals surface area contributed by atoms with Gasteiger partial charge in [0.1, 0.15) is 11.7 Å². The third-order valence-electron chi connectivity index (χ3n) is 2.38. The Morgan fingerprint density at radius 2 is 1.87 bits per heavy atom. The van der Waals surface area contributed by atoms with Crippen molar-refractivity contribution < 1.29 is 0 Å². The molecule has 0 aromatic carbocycles. The molecule has 0 spiro atoms. The molecule has 1 aliphatic rings. The second kappa shape index (κ2) is 4.91. The molecule has 1 aromatic rings. The SMILES string of the molecule is CC.CC1=NCc2ccc(C)nc2N1C. The zero-order chi connectivity index (χ0) is 11.4. The van der Waals surface area contributed by atoms with Gasteiger partial charge in [0, 0.05) is 18.3 Å². The molecule has 1 aromatic heterocycles. The van der Waals surface area contributed by atoms with E-state index in [9.17, 15) is 0 Å². The van der Waals surface area contributed by atoms with E-state index in [1.807, 2.05) is 45.7 Å². The zero-order valence-electron chi connectivity index (χ0n) is 10.2. The fraction of sp³-hybridized carbons (Fsp3) is 0.500. The Balaban J connectivity index is 0.000000531. The van der Waals surface area contributed by atoms with Crippen molar-refractivity contribution in [3.63, 3.8) is 0 Å². The number of pyridine rings is 1. The third kappa shape index (κ3) is 2.35. The van der Waals surface area contributed by atoms with Crippen molar-refractivity contribution in [2.45, 2.75) is 34.2 Å². The second-order valence-corrected chi connectivity index (χ2v) is 3.36. The molecule has 0 atom stereocenters. The van der Waals surface area contributed by atoms with Gasteiger partial charge < -0.3 is 4.90 Å². The first-order valence-corrected chi connectivity index (χ1v) is 5.40. The molecule has 15 heavy (non-hydrogen) atoms. The average molecular weight is 205 g/mol. The van der Waals surface area contributed by atoms with Gasteiger partial charge in [-0.1, -0.05) is 19.9 Å². The maximum atomic E-state index is 4.49. The van der Waals surface area contributed by atoms with Crippen LogP contribution in [0.2, 0.25) is 0 Å². The molecule has 1 aliphatic heterocycles. The number of rotatable bonds is 0. The molecule has 0 bridgehead atoms. The molecule has 0 N–H and O–H groups in total. The Kier molecular flexibility index (Phi) is 3.83. The standard InChI is InChI=1S/C10H13N3.C2H6/c1-7-4-5-9-6-11-8(2)13(3)10(9)12-7;1-2/h4-5H,6H2,1-3H3;1-2H3. The third-order valence-corrected chi connectivity index (χ3v) is 2.38. The minimum atomic E-state index is 0.763. The predicted molar refractivity (Wildman–Crippen MR) is 65.5 cm³/mol. The molecule has 2 rings (SSSR count). The van der Waals surface area contributed by atoms with Crippen LogP contribution in [0, 0.1) is 6.92 Å². The van der Waals surface area contributed by atoms with E-state index in [4.69, 9.17) is 0 Å². The highest BCUT2D eigenvalue weighted by Gasteiger charge is 2.15. The molecule has 2 heterocycles. The highest BCUT2D eigenvalue weighted by Crippen LogP contribution is 2.22. The van der Waals surface area contributed by atoms with Gasteiger partial charge in [-0.15, -0.1) is 0 Å². The first-order valence-electron chi connectivity index (χ1n) is 5.40. The first kappa shape index (κ1) is 11.7. The monoisotopic (exact) mass is 205 g/mol. The summed E-state index contributed by atoms with van der Waals surface area (Å²) in [4.78, 5) is 10.9. The summed E-state index contributed by atoms with van der Waals surface area (Å²) in [6, 6.07) is 4.13. The van der Waals surface area contributed by atoms with Gasteiger partial charge in [-0.3, -0.25) is 4.99 Å². The van der Waals surface area contributed by atoms with Crippen LogP contribution in [0.15, 0.2) is 17.1 Å². The van der Waals surface area contributed by atoms with Gasteiger partial charge in [-0.2, -0.15) is 0 Å². The Hall–Kier alpha value is -1.38. The molecule has 3 heteroatoms. The number of aryl methyl sites for hydroxylation is 1. The summed E-state index contributed by atoms with van der Waals surface area (Å²) in [5, 5.41) is 0. The van der Waals surface area contributed by atoms with Crippen LogP contribution in [0.4, 0.5) is 5.82 Å². The molecule has 82 valence electrons. The lowest BCUT2D eigenvalue weighted by atomic mass is 10.2. The van der Waals surface area contributed by atoms with E-state index in [1.165, 1.54) is 5.56 Å². The lowest BCUT2D eigenvalue weighted by molar-refractivity contribution is 0.952. The molecule has 0 radical (unpaired) electrons. The Morgan fingerprint density at radius 3 is 2.53 bits per heavy atom. The fourth-order valence-electron chi connectivity index (χ4n) is 1.44. The summed E-state index contributed by atoms with van der Waals surface area (Å²) in [5.74, 6) is 2.08. The average Bonchev–Trinajstić information content (AvgIpc) is 2.27. The maximum absolute atomic E-state index is 4.49. The number of anilines is 1. The van der Waals surface area contributed by atoms with Crippen LogP contribution in [-0.4, -0.2) is 17.9 Å². The van der Waals surface area contributed by atoms with Gasteiger partial charge in [0.05, 0.1) is 6.54 Å². The van der Waals surface area contributed by atoms with Gasteiger partial charge in [0.25, 0.3) is 0 Å². The zero-order valence-corrected chi connectivity index (χ0v) is 10.2. The van der Waals surface area contributed by atoms with Gasteiger partial charge in [-0.25, -0.2) is 4.98 Å². The normalized spacial score (nSPS) is 13.7. The van der Waals surface area contributed by atoms with Crippen LogP contribution in [0.25, 0.3) is 0 Å². The number of aliphatic imine (C=N–C) groups is 1. The van der Waals surface area contributed by atoms with E-state index in [0.717, 1.165) is 23.9 Å². The van der Waals surface area contributed by atoms with E-state index in [1.54, 1.807) is 0 Å². The van der Waals surface area contributed by atoms with Crippen LogP contribution in [0.3, 0.4) is 0 Å². The van der Waals surface area contributed by atoms with E-state index < -0.39 is 0 Å². The van der Waals surface area contributed by atoms with E-state index >= 15 is 0 Å². The van der Waals surface area contributed by atoms with E-state index in [-0.39, 0.29) is 0 Å². The highest BCUT2D eigenvalue weighted by atomic mass is 15.2. The molecular weight excluding hydrogens is 186 g/mol. The van der Waals surface area contributed by atoms with Crippen LogP contribution < -0.4 is 4.90 Å². The molecule has 3 nitrogen and oxygen atoms in total. The van der Waals surface area contributed by atoms with Crippen LogP contribution in [0.5, 0.6) is 0 Å². The number of hydrogen-bond acceptors (Lipinski definition) is 3. The van der Waals surface area contributed by atoms with Gasteiger partial charge in [0.15, 0.2) is 0 Å². The minimum Gasteiger partial charge on any atom is -0.318 e. The van der Waals surface area contributed by atoms with E-state index in [2.05, 4.69) is 16.0 Å². The van der Waals surface area contributed by atoms with Crippen LogP contribution in [0.1, 0.15) is 32.0 Å². The molecule has 0 saturated heterocycles. The van der Waals surface area contributed by atoms with Gasteiger partial charge >= 0.3 is 0 Å². The van der Waals surface area contributed by atoms with Crippen molar-refractivity contribution in [3.05, 3.63) is 23.4 Å². The molecule has 0 fully saturated rings. The Morgan fingerprint density at radius 1 is 1.20 bits per heavy atom. The molecule has 0 amide bonds. The summed E-state index contributed by atoms with van der Waals surface area (Å²) >= 11 is 0. The van der Waals surface area contributed by atoms with Crippen molar-refractivity contribution in [1.82, 2.24) is 4.98 Å². The topological polar surface area (TPSA) is 28.5 Å². The summed E-state index contributed by atoms with van der Waals surface area (Å²) < 4.78 is 0. The highest BCUT2D eigenvalue weighted by molar-refractivity contribution is 5.96. The first-order chi connectivity index (χ1) is 7.18. The molecule has 0 saturated carbocycles. The number of aromatic nitrogens is 1. The minimum absolute atomic E-state index is 0.763. The van der Waals surface area contributed by atoms with Gasteiger partial charge in [-0.05, 0) is 19.9 Å². The Bertz CT molecular complexity index is 369. The van der Waals surface area contributed by atoms with Crippen molar-refractivity contribution >= 4 is 11.7 Å². The van der Waals surface area contributed by atoms with Crippen molar-refractivity contribution in [3.8, 4) is 0 Å². The molecule has 0 unspecified atom stereocenters. The lowest BCUT2D eigenvalue weighted by Gasteiger charge is -2.24. The number of fused-ring (bicyclic) bond motifs is 1. The van der Waals surface area contributed by atoms with Crippen molar-refractivity contribution in [2.24, 2.45) is 4.99 Å². The van der Waals surface area contributed by atoms with Crippen LogP contribution >= 0.6 is 0 Å². The second-order valence-electron chi connectivity index (χ2n) is 3.36. The number of nitrogens with zero attached hydrogens (tertiary/aromatic N) is 3. The largest absolute Gasteiger partial charge is 0.318 e. The maximum Gasteiger partial charge on any atom is 0.138 e. The predicted octanol–water partition coefficient (Wildman–Crippen LogP) is 2.78. The molecule has 0 aliphatic carbocycles. The lowest BCUT2D eigenvalue weighted by Crippen LogP contribution is -2.28. The summed E-state index contributed by atoms with van der Waals surface area (Å²) in [6.45, 7) is 8.78. The van der Waals surface area contributed by atoms with E-state index in [0.29, 0.717) is 0 Å². The number of hydrogen-bond donors (Lipinski definition) is 0. The van der Waals surface area contributed by atoms with Crippen LogP contribution in [-0.2, 0) is 6.54 Å². The smallest absolute Gasteiger partial charge is 0.138 e. The summed E-state index contributed by atoms with van der Waals surface area (Å²) in [7, 11) is 2.00. The van der Waals surface area contributed by atoms with Crippen molar-refractivity contribution in [1.29, 1.82) is 0 Å². The van der Waals surface area contributed by atoms with Crippen molar-refractivity contribution in [2.75, 3.05) is 11.9 Å². The van der Waals surface area contributed by atoms with Gasteiger partial charge in [0.2, 0.25) is 0 Å². The Labute approximate surface area is 91.9 Å². The summed E-state index contributed by atoms with van der Waals surface area (Å²) in [5.41, 5.74) is 2.26. The fourth-order valence-corrected chi connectivity index (χ4v) is 1.44. The molecular formula is C12H19N3. The summed E-state index contributed by atoms with van der Waals surface area (Å²) in [6.07, 6.45) is 0.